The van der Waals surface area contributed by atoms with Crippen LogP contribution in [0.1, 0.15) is 26.6 Å². The van der Waals surface area contributed by atoms with Gasteiger partial charge in [-0.25, -0.2) is 4.98 Å². The SMILES string of the molecule is Cc1nc(SCC(=O)C(C)(C)C)n[nH]1. The fraction of sp³-hybridized carbons (Fsp3) is 0.667. The van der Waals surface area contributed by atoms with E-state index in [1.807, 2.05) is 27.7 Å². The minimum absolute atomic E-state index is 0.213. The van der Waals surface area contributed by atoms with Gasteiger partial charge in [0.25, 0.3) is 0 Å². The van der Waals surface area contributed by atoms with Crippen LogP contribution in [0.2, 0.25) is 0 Å². The van der Waals surface area contributed by atoms with E-state index in [0.717, 1.165) is 5.82 Å². The third-order valence-corrected chi connectivity index (χ3v) is 2.59. The number of hydrogen-bond donors (Lipinski definition) is 1. The molecule has 0 amide bonds. The smallest absolute Gasteiger partial charge is 0.208 e. The molecule has 0 aliphatic rings. The molecule has 0 spiro atoms. The lowest BCUT2D eigenvalue weighted by atomic mass is 9.92. The number of aryl methyl sites for hydroxylation is 1. The van der Waals surface area contributed by atoms with Crippen molar-refractivity contribution in [3.05, 3.63) is 5.82 Å². The molecule has 0 radical (unpaired) electrons. The van der Waals surface area contributed by atoms with Crippen LogP contribution in [-0.4, -0.2) is 26.7 Å². The van der Waals surface area contributed by atoms with Gasteiger partial charge in [0.1, 0.15) is 11.6 Å². The number of hydrogen-bond acceptors (Lipinski definition) is 4. The predicted octanol–water partition coefficient (Wildman–Crippen LogP) is 1.82. The van der Waals surface area contributed by atoms with Gasteiger partial charge >= 0.3 is 0 Å². The molecule has 1 N–H and O–H groups in total. The molecule has 0 aliphatic heterocycles. The van der Waals surface area contributed by atoms with Crippen molar-refractivity contribution in [3.8, 4) is 0 Å². The first-order valence-electron chi connectivity index (χ1n) is 4.44. The number of thioether (sulfide) groups is 1. The maximum absolute atomic E-state index is 11.6. The van der Waals surface area contributed by atoms with Crippen molar-refractivity contribution in [3.63, 3.8) is 0 Å². The van der Waals surface area contributed by atoms with Gasteiger partial charge in [-0.3, -0.25) is 9.89 Å². The highest BCUT2D eigenvalue weighted by Gasteiger charge is 2.21. The molecule has 78 valence electrons. The second kappa shape index (κ2) is 4.13. The lowest BCUT2D eigenvalue weighted by Gasteiger charge is -2.14. The Hall–Kier alpha value is -0.840. The molecule has 0 saturated carbocycles. The van der Waals surface area contributed by atoms with Crippen LogP contribution >= 0.6 is 11.8 Å². The summed E-state index contributed by atoms with van der Waals surface area (Å²) >= 11 is 1.37. The topological polar surface area (TPSA) is 58.6 Å². The van der Waals surface area contributed by atoms with Crippen molar-refractivity contribution < 1.29 is 4.79 Å². The number of nitrogens with one attached hydrogen (secondary N) is 1. The molecular weight excluding hydrogens is 198 g/mol. The Morgan fingerprint density at radius 1 is 1.50 bits per heavy atom. The molecule has 5 heteroatoms. The predicted molar refractivity (Wildman–Crippen MR) is 56.3 cm³/mol. The van der Waals surface area contributed by atoms with Gasteiger partial charge in [0, 0.05) is 5.41 Å². The number of aromatic amines is 1. The molecule has 0 aliphatic carbocycles. The zero-order chi connectivity index (χ0) is 10.8. The van der Waals surface area contributed by atoms with Gasteiger partial charge in [-0.2, -0.15) is 0 Å². The van der Waals surface area contributed by atoms with E-state index in [2.05, 4.69) is 15.2 Å². The van der Waals surface area contributed by atoms with E-state index in [1.165, 1.54) is 11.8 Å². The Bertz CT molecular complexity index is 327. The number of rotatable bonds is 3. The number of nitrogens with zero attached hydrogens (tertiary/aromatic N) is 2. The van der Waals surface area contributed by atoms with Crippen molar-refractivity contribution in [2.75, 3.05) is 5.75 Å². The second-order valence-corrected chi connectivity index (χ2v) is 5.11. The zero-order valence-corrected chi connectivity index (χ0v) is 9.73. The molecule has 1 aromatic heterocycles. The average Bonchev–Trinajstić information content (AvgIpc) is 2.45. The summed E-state index contributed by atoms with van der Waals surface area (Å²) < 4.78 is 0. The number of Topliss-reactive ketones (excluding diaryl/α,β-unsaturated/α-hetero) is 1. The highest BCUT2D eigenvalue weighted by atomic mass is 32.2. The number of ketones is 1. The summed E-state index contributed by atoms with van der Waals surface area (Å²) in [4.78, 5) is 15.7. The van der Waals surface area contributed by atoms with Crippen LogP contribution in [0.15, 0.2) is 5.16 Å². The maximum Gasteiger partial charge on any atom is 0.208 e. The van der Waals surface area contributed by atoms with Gasteiger partial charge in [0.15, 0.2) is 0 Å². The summed E-state index contributed by atoms with van der Waals surface area (Å²) in [7, 11) is 0. The van der Waals surface area contributed by atoms with Gasteiger partial charge < -0.3 is 0 Å². The Kier molecular flexibility index (Phi) is 3.31. The van der Waals surface area contributed by atoms with Crippen LogP contribution < -0.4 is 0 Å². The summed E-state index contributed by atoms with van der Waals surface area (Å²) in [5.41, 5.74) is -0.279. The Balaban J connectivity index is 2.46. The van der Waals surface area contributed by atoms with Crippen molar-refractivity contribution in [1.82, 2.24) is 15.2 Å². The summed E-state index contributed by atoms with van der Waals surface area (Å²) in [6.45, 7) is 7.58. The molecular formula is C9H15N3OS. The first-order chi connectivity index (χ1) is 6.39. The number of aromatic nitrogens is 3. The molecule has 0 unspecified atom stereocenters. The van der Waals surface area contributed by atoms with Crippen LogP contribution in [0.3, 0.4) is 0 Å². The minimum Gasteiger partial charge on any atom is -0.298 e. The maximum atomic E-state index is 11.6. The zero-order valence-electron chi connectivity index (χ0n) is 8.92. The summed E-state index contributed by atoms with van der Waals surface area (Å²) in [5, 5.41) is 7.32. The first kappa shape index (κ1) is 11.2. The van der Waals surface area contributed by atoms with Crippen molar-refractivity contribution in [1.29, 1.82) is 0 Å². The quantitative estimate of drug-likeness (QED) is 0.778. The van der Waals surface area contributed by atoms with E-state index < -0.39 is 0 Å². The van der Waals surface area contributed by atoms with Crippen molar-refractivity contribution in [2.24, 2.45) is 5.41 Å². The molecule has 0 aromatic carbocycles. The van der Waals surface area contributed by atoms with E-state index in [0.29, 0.717) is 10.9 Å². The third-order valence-electron chi connectivity index (χ3n) is 1.75. The molecule has 0 saturated heterocycles. The lowest BCUT2D eigenvalue weighted by Crippen LogP contribution is -2.22. The van der Waals surface area contributed by atoms with Gasteiger partial charge in [0.2, 0.25) is 5.16 Å². The van der Waals surface area contributed by atoms with Gasteiger partial charge in [-0.15, -0.1) is 5.10 Å². The lowest BCUT2D eigenvalue weighted by molar-refractivity contribution is -0.123. The summed E-state index contributed by atoms with van der Waals surface area (Å²) in [6, 6.07) is 0. The average molecular weight is 213 g/mol. The largest absolute Gasteiger partial charge is 0.298 e. The Labute approximate surface area is 87.9 Å². The van der Waals surface area contributed by atoms with E-state index in [4.69, 9.17) is 0 Å². The van der Waals surface area contributed by atoms with Gasteiger partial charge in [0.05, 0.1) is 5.75 Å². The van der Waals surface area contributed by atoms with E-state index in [1.54, 1.807) is 0 Å². The summed E-state index contributed by atoms with van der Waals surface area (Å²) in [6.07, 6.45) is 0. The van der Waals surface area contributed by atoms with Crippen LogP contribution in [0.25, 0.3) is 0 Å². The molecule has 1 aromatic rings. The van der Waals surface area contributed by atoms with Gasteiger partial charge in [-0.05, 0) is 6.92 Å². The molecule has 4 nitrogen and oxygen atoms in total. The molecule has 0 bridgehead atoms. The molecule has 14 heavy (non-hydrogen) atoms. The van der Waals surface area contributed by atoms with Crippen molar-refractivity contribution >= 4 is 17.5 Å². The molecule has 0 atom stereocenters. The Morgan fingerprint density at radius 2 is 2.14 bits per heavy atom. The van der Waals surface area contributed by atoms with Crippen LogP contribution in [0.5, 0.6) is 0 Å². The number of carbonyl (C=O) groups excluding carboxylic acids is 1. The second-order valence-electron chi connectivity index (χ2n) is 4.17. The molecule has 1 heterocycles. The fourth-order valence-corrected chi connectivity index (χ4v) is 1.74. The van der Waals surface area contributed by atoms with E-state index in [-0.39, 0.29) is 11.2 Å². The highest BCUT2D eigenvalue weighted by molar-refractivity contribution is 7.99. The highest BCUT2D eigenvalue weighted by Crippen LogP contribution is 2.20. The van der Waals surface area contributed by atoms with Crippen LogP contribution in [0, 0.1) is 12.3 Å². The van der Waals surface area contributed by atoms with Crippen LogP contribution in [-0.2, 0) is 4.79 Å². The van der Waals surface area contributed by atoms with Gasteiger partial charge in [-0.1, -0.05) is 32.5 Å². The van der Waals surface area contributed by atoms with E-state index in [9.17, 15) is 4.79 Å². The number of carbonyl (C=O) groups is 1. The minimum atomic E-state index is -0.279. The third kappa shape index (κ3) is 3.14. The first-order valence-corrected chi connectivity index (χ1v) is 5.43. The fourth-order valence-electron chi connectivity index (χ4n) is 0.733. The Morgan fingerprint density at radius 3 is 2.57 bits per heavy atom. The summed E-state index contributed by atoms with van der Waals surface area (Å²) in [5.74, 6) is 1.42. The van der Waals surface area contributed by atoms with Crippen LogP contribution in [0.4, 0.5) is 0 Å². The van der Waals surface area contributed by atoms with Crippen molar-refractivity contribution in [2.45, 2.75) is 32.9 Å². The monoisotopic (exact) mass is 213 g/mol. The normalized spacial score (nSPS) is 11.7. The molecule has 1 rings (SSSR count). The standard InChI is InChI=1S/C9H15N3OS/c1-6-10-8(12-11-6)14-5-7(13)9(2,3)4/h5H2,1-4H3,(H,10,11,12). The van der Waals surface area contributed by atoms with E-state index >= 15 is 0 Å². The molecule has 0 fully saturated rings. The number of H-pyrrole nitrogens is 1.